The van der Waals surface area contributed by atoms with Crippen LogP contribution < -0.4 is 0 Å². The summed E-state index contributed by atoms with van der Waals surface area (Å²) in [6.45, 7) is 0. The molecule has 0 heterocycles. The van der Waals surface area contributed by atoms with E-state index >= 15 is 0 Å². The number of hydrogen-bond donors (Lipinski definition) is 0. The summed E-state index contributed by atoms with van der Waals surface area (Å²) in [6.07, 6.45) is 3.97. The topological polar surface area (TPSA) is 9.23 Å². The zero-order chi connectivity index (χ0) is 21.1. The Labute approximate surface area is 188 Å². The molecule has 4 aromatic carbocycles. The molecule has 0 saturated heterocycles. The summed E-state index contributed by atoms with van der Waals surface area (Å²) in [5.41, 5.74) is 5.44. The van der Waals surface area contributed by atoms with Gasteiger partial charge in [-0.05, 0) is 22.3 Å². The van der Waals surface area contributed by atoms with E-state index in [1.807, 2.05) is 0 Å². The highest BCUT2D eigenvalue weighted by atomic mass is 31.2. The summed E-state index contributed by atoms with van der Waals surface area (Å²) in [6, 6.07) is 43.1. The smallest absolute Gasteiger partial charge is 0.0430 e. The van der Waals surface area contributed by atoms with E-state index in [1.54, 1.807) is 0 Å². The molecule has 0 aliphatic heterocycles. The summed E-state index contributed by atoms with van der Waals surface area (Å²) in [5.74, 6) is 0. The molecule has 0 spiro atoms. The minimum absolute atomic E-state index is 0.616. The predicted octanol–water partition coefficient (Wildman–Crippen LogP) is 8.60. The highest BCUT2D eigenvalue weighted by Crippen LogP contribution is 2.59. The summed E-state index contributed by atoms with van der Waals surface area (Å²) < 4.78 is 7.00. The molecule has 0 N–H and O–H groups in total. The summed E-state index contributed by atoms with van der Waals surface area (Å²) in [5, 5.41) is 0. The van der Waals surface area contributed by atoms with Crippen LogP contribution in [0.15, 0.2) is 121 Å². The molecule has 0 unspecified atom stereocenters. The van der Waals surface area contributed by atoms with Crippen LogP contribution >= 0.6 is 16.3 Å². The first-order valence-corrected chi connectivity index (χ1v) is 13.9. The van der Waals surface area contributed by atoms with Crippen LogP contribution in [0.1, 0.15) is 22.3 Å². The lowest BCUT2D eigenvalue weighted by molar-refractivity contribution is 0.669. The summed E-state index contributed by atoms with van der Waals surface area (Å²) >= 11 is 0. The van der Waals surface area contributed by atoms with Gasteiger partial charge in [-0.15, -0.1) is 0 Å². The fourth-order valence-corrected chi connectivity index (χ4v) is 8.46. The van der Waals surface area contributed by atoms with Gasteiger partial charge < -0.3 is 4.31 Å². The Kier molecular flexibility index (Phi) is 8.43. The molecule has 0 fully saturated rings. The van der Waals surface area contributed by atoms with E-state index in [0.29, 0.717) is 0 Å². The average Bonchev–Trinajstić information content (AvgIpc) is 2.82. The fourth-order valence-electron chi connectivity index (χ4n) is 3.54. The number of benzene rings is 4. The molecule has 31 heavy (non-hydrogen) atoms. The molecule has 0 bridgehead atoms. The maximum Gasteiger partial charge on any atom is 0.0430 e. The zero-order valence-corrected chi connectivity index (χ0v) is 19.5. The van der Waals surface area contributed by atoms with Crippen molar-refractivity contribution in [2.75, 3.05) is 0 Å². The van der Waals surface area contributed by atoms with Crippen LogP contribution in [-0.4, -0.2) is 0 Å². The molecule has 0 aliphatic carbocycles. The molecule has 3 heteroatoms. The van der Waals surface area contributed by atoms with E-state index in [4.69, 9.17) is 4.31 Å². The van der Waals surface area contributed by atoms with E-state index in [0.717, 1.165) is 24.6 Å². The first kappa shape index (κ1) is 21.9. The highest BCUT2D eigenvalue weighted by Gasteiger charge is 2.19. The Morgan fingerprint density at radius 1 is 0.355 bits per heavy atom. The molecule has 156 valence electrons. The van der Waals surface area contributed by atoms with E-state index in [1.165, 1.54) is 22.3 Å². The minimum atomic E-state index is -0.616. The summed E-state index contributed by atoms with van der Waals surface area (Å²) in [4.78, 5) is 0. The summed E-state index contributed by atoms with van der Waals surface area (Å²) in [7, 11) is -1.23. The van der Waals surface area contributed by atoms with Crippen molar-refractivity contribution in [1.29, 1.82) is 0 Å². The molecule has 0 saturated carbocycles. The van der Waals surface area contributed by atoms with E-state index in [2.05, 4.69) is 121 Å². The van der Waals surface area contributed by atoms with Gasteiger partial charge in [0.2, 0.25) is 0 Å². The van der Waals surface area contributed by atoms with Crippen LogP contribution in [0.4, 0.5) is 0 Å². The monoisotopic (exact) mass is 442 g/mol. The number of rotatable bonds is 10. The lowest BCUT2D eigenvalue weighted by Gasteiger charge is -2.25. The molecular formula is C28H28OP2. The second-order valence-corrected chi connectivity index (χ2v) is 11.5. The molecular weight excluding hydrogens is 414 g/mol. The van der Waals surface area contributed by atoms with Gasteiger partial charge in [0, 0.05) is 40.9 Å². The maximum atomic E-state index is 7.00. The van der Waals surface area contributed by atoms with Gasteiger partial charge in [-0.3, -0.25) is 0 Å². The van der Waals surface area contributed by atoms with Crippen LogP contribution in [0.2, 0.25) is 0 Å². The van der Waals surface area contributed by atoms with Crippen molar-refractivity contribution in [2.45, 2.75) is 24.6 Å². The van der Waals surface area contributed by atoms with Gasteiger partial charge in [-0.25, -0.2) is 0 Å². The highest BCUT2D eigenvalue weighted by molar-refractivity contribution is 7.64. The third kappa shape index (κ3) is 7.41. The van der Waals surface area contributed by atoms with Crippen LogP contribution in [0.25, 0.3) is 0 Å². The molecule has 0 amide bonds. The lowest BCUT2D eigenvalue weighted by Crippen LogP contribution is -1.96. The van der Waals surface area contributed by atoms with E-state index in [9.17, 15) is 0 Å². The van der Waals surface area contributed by atoms with Crippen molar-refractivity contribution in [2.24, 2.45) is 0 Å². The van der Waals surface area contributed by atoms with Crippen LogP contribution in [0.3, 0.4) is 0 Å². The van der Waals surface area contributed by atoms with Gasteiger partial charge >= 0.3 is 0 Å². The SMILES string of the molecule is c1ccc(CP(Cc2ccccc2)OP(Cc2ccccc2)Cc2ccccc2)cc1. The molecule has 4 aromatic rings. The molecule has 0 atom stereocenters. The van der Waals surface area contributed by atoms with Crippen molar-refractivity contribution >= 4 is 16.3 Å². The zero-order valence-electron chi connectivity index (χ0n) is 17.7. The quantitative estimate of drug-likeness (QED) is 0.223. The first-order chi connectivity index (χ1) is 15.3. The maximum absolute atomic E-state index is 7.00. The van der Waals surface area contributed by atoms with E-state index in [-0.39, 0.29) is 0 Å². The number of hydrogen-bond acceptors (Lipinski definition) is 1. The Morgan fingerprint density at radius 3 is 0.806 bits per heavy atom. The van der Waals surface area contributed by atoms with Crippen LogP contribution in [0.5, 0.6) is 0 Å². The standard InChI is InChI=1S/C28H28OP2/c1-5-13-25(14-6-1)21-30(22-26-15-7-2-8-16-26)29-31(23-27-17-9-3-10-18-27)24-28-19-11-4-12-20-28/h1-20H,21-24H2. The second kappa shape index (κ2) is 11.9. The van der Waals surface area contributed by atoms with Gasteiger partial charge in [0.15, 0.2) is 0 Å². The van der Waals surface area contributed by atoms with Crippen molar-refractivity contribution in [3.63, 3.8) is 0 Å². The van der Waals surface area contributed by atoms with E-state index < -0.39 is 16.3 Å². The van der Waals surface area contributed by atoms with Gasteiger partial charge in [0.25, 0.3) is 0 Å². The molecule has 1 nitrogen and oxygen atoms in total. The molecule has 0 radical (unpaired) electrons. The van der Waals surface area contributed by atoms with Gasteiger partial charge in [0.05, 0.1) is 0 Å². The Balaban J connectivity index is 1.55. The average molecular weight is 442 g/mol. The van der Waals surface area contributed by atoms with Gasteiger partial charge in [-0.1, -0.05) is 121 Å². The molecule has 0 aromatic heterocycles. The molecule has 4 rings (SSSR count). The fraction of sp³-hybridized carbons (Fsp3) is 0.143. The first-order valence-electron chi connectivity index (χ1n) is 10.7. The third-order valence-corrected chi connectivity index (χ3v) is 9.76. The van der Waals surface area contributed by atoms with Gasteiger partial charge in [0.1, 0.15) is 0 Å². The lowest BCUT2D eigenvalue weighted by atomic mass is 10.2. The third-order valence-electron chi connectivity index (χ3n) is 5.04. The van der Waals surface area contributed by atoms with Crippen molar-refractivity contribution < 1.29 is 4.31 Å². The Bertz CT molecular complexity index is 840. The predicted molar refractivity (Wildman–Crippen MR) is 136 cm³/mol. The van der Waals surface area contributed by atoms with Crippen molar-refractivity contribution in [3.05, 3.63) is 144 Å². The Hall–Kier alpha value is -2.30. The van der Waals surface area contributed by atoms with Crippen LogP contribution in [-0.2, 0) is 29.0 Å². The van der Waals surface area contributed by atoms with Gasteiger partial charge in [-0.2, -0.15) is 0 Å². The molecule has 0 aliphatic rings. The largest absolute Gasteiger partial charge is 0.336 e. The van der Waals surface area contributed by atoms with Crippen molar-refractivity contribution in [3.8, 4) is 0 Å². The Morgan fingerprint density at radius 2 is 0.581 bits per heavy atom. The van der Waals surface area contributed by atoms with Crippen LogP contribution in [0, 0.1) is 0 Å². The second-order valence-electron chi connectivity index (χ2n) is 7.62. The minimum Gasteiger partial charge on any atom is -0.336 e. The van der Waals surface area contributed by atoms with Crippen molar-refractivity contribution in [1.82, 2.24) is 0 Å². The normalized spacial score (nSPS) is 11.2.